The SMILES string of the molecule is CCc1nn(C)c(CC(=O)C(O)C2CC2)c1Br. The van der Waals surface area contributed by atoms with E-state index in [1.54, 1.807) is 4.68 Å². The van der Waals surface area contributed by atoms with Crippen LogP contribution in [-0.4, -0.2) is 26.8 Å². The third-order valence-corrected chi connectivity index (χ3v) is 4.16. The highest BCUT2D eigenvalue weighted by atomic mass is 79.9. The van der Waals surface area contributed by atoms with Gasteiger partial charge in [0.15, 0.2) is 5.78 Å². The lowest BCUT2D eigenvalue weighted by Crippen LogP contribution is -2.25. The normalized spacial score (nSPS) is 17.2. The summed E-state index contributed by atoms with van der Waals surface area (Å²) in [4.78, 5) is 11.9. The Kier molecular flexibility index (Phi) is 3.68. The fraction of sp³-hybridized carbons (Fsp3) is 0.667. The number of aliphatic hydroxyl groups excluding tert-OH is 1. The van der Waals surface area contributed by atoms with Crippen LogP contribution >= 0.6 is 15.9 Å². The summed E-state index contributed by atoms with van der Waals surface area (Å²) in [6.07, 6.45) is 2.23. The largest absolute Gasteiger partial charge is 0.385 e. The number of aryl methyl sites for hydroxylation is 2. The van der Waals surface area contributed by atoms with Crippen LogP contribution in [0.5, 0.6) is 0 Å². The van der Waals surface area contributed by atoms with Gasteiger partial charge in [0.25, 0.3) is 0 Å². The van der Waals surface area contributed by atoms with E-state index >= 15 is 0 Å². The number of ketones is 1. The van der Waals surface area contributed by atoms with Crippen LogP contribution in [0.15, 0.2) is 4.47 Å². The first kappa shape index (κ1) is 12.8. The minimum Gasteiger partial charge on any atom is -0.385 e. The summed E-state index contributed by atoms with van der Waals surface area (Å²) in [5.74, 6) is 0.0963. The molecule has 0 bridgehead atoms. The number of carbonyl (C=O) groups excluding carboxylic acids is 1. The summed E-state index contributed by atoms with van der Waals surface area (Å²) in [6.45, 7) is 2.03. The Bertz CT molecular complexity index is 438. The van der Waals surface area contributed by atoms with E-state index in [4.69, 9.17) is 0 Å². The maximum atomic E-state index is 11.9. The highest BCUT2D eigenvalue weighted by molar-refractivity contribution is 9.10. The van der Waals surface area contributed by atoms with Crippen LogP contribution in [0, 0.1) is 5.92 Å². The zero-order valence-corrected chi connectivity index (χ0v) is 11.7. The number of hydrogen-bond acceptors (Lipinski definition) is 3. The Morgan fingerprint density at radius 3 is 2.76 bits per heavy atom. The molecule has 0 saturated heterocycles. The maximum Gasteiger partial charge on any atom is 0.167 e. The lowest BCUT2D eigenvalue weighted by molar-refractivity contribution is -0.127. The molecule has 1 aromatic heterocycles. The molecule has 1 aliphatic carbocycles. The Hall–Kier alpha value is -0.680. The van der Waals surface area contributed by atoms with Gasteiger partial charge in [-0.1, -0.05) is 6.92 Å². The molecule has 94 valence electrons. The average Bonchev–Trinajstić information content (AvgIpc) is 3.10. The topological polar surface area (TPSA) is 55.1 Å². The molecule has 1 heterocycles. The highest BCUT2D eigenvalue weighted by Crippen LogP contribution is 2.33. The highest BCUT2D eigenvalue weighted by Gasteiger charge is 2.34. The summed E-state index contributed by atoms with van der Waals surface area (Å²) in [7, 11) is 1.83. The molecule has 1 saturated carbocycles. The standard InChI is InChI=1S/C12H17BrN2O2/c1-3-8-11(13)9(15(2)14-8)6-10(16)12(17)7-4-5-7/h7,12,17H,3-6H2,1-2H3. The number of aromatic nitrogens is 2. The van der Waals surface area contributed by atoms with E-state index in [9.17, 15) is 9.90 Å². The van der Waals surface area contributed by atoms with Gasteiger partial charge < -0.3 is 5.11 Å². The van der Waals surface area contributed by atoms with Gasteiger partial charge in [-0.05, 0) is 41.1 Å². The van der Waals surface area contributed by atoms with Crippen molar-refractivity contribution in [3.8, 4) is 0 Å². The maximum absolute atomic E-state index is 11.9. The van der Waals surface area contributed by atoms with Gasteiger partial charge in [-0.25, -0.2) is 0 Å². The molecule has 1 unspecified atom stereocenters. The van der Waals surface area contributed by atoms with Crippen molar-refractivity contribution < 1.29 is 9.90 Å². The molecule has 1 atom stereocenters. The number of Topliss-reactive ketones (excluding diaryl/α,β-unsaturated/α-hetero) is 1. The van der Waals surface area contributed by atoms with E-state index in [2.05, 4.69) is 21.0 Å². The van der Waals surface area contributed by atoms with Gasteiger partial charge in [0, 0.05) is 7.05 Å². The summed E-state index contributed by atoms with van der Waals surface area (Å²) in [6, 6.07) is 0. The molecule has 1 aliphatic rings. The molecule has 0 spiro atoms. The molecule has 0 aromatic carbocycles. The lowest BCUT2D eigenvalue weighted by Gasteiger charge is -2.08. The van der Waals surface area contributed by atoms with Crippen LogP contribution in [0.25, 0.3) is 0 Å². The number of rotatable bonds is 5. The number of aliphatic hydroxyl groups is 1. The molecule has 1 aromatic rings. The molecule has 17 heavy (non-hydrogen) atoms. The van der Waals surface area contributed by atoms with Gasteiger partial charge in [0.05, 0.1) is 22.3 Å². The van der Waals surface area contributed by atoms with Crippen LogP contribution in [0.2, 0.25) is 0 Å². The summed E-state index contributed by atoms with van der Waals surface area (Å²) >= 11 is 3.48. The monoisotopic (exact) mass is 300 g/mol. The molecule has 0 amide bonds. The Labute approximate surface area is 109 Å². The van der Waals surface area contributed by atoms with E-state index in [1.807, 2.05) is 14.0 Å². The quantitative estimate of drug-likeness (QED) is 0.899. The Morgan fingerprint density at radius 1 is 1.65 bits per heavy atom. The summed E-state index contributed by atoms with van der Waals surface area (Å²) in [5, 5.41) is 14.1. The van der Waals surface area contributed by atoms with Gasteiger partial charge in [0.2, 0.25) is 0 Å². The van der Waals surface area contributed by atoms with Crippen molar-refractivity contribution >= 4 is 21.7 Å². The van der Waals surface area contributed by atoms with Crippen molar-refractivity contribution in [2.24, 2.45) is 13.0 Å². The minimum atomic E-state index is -0.790. The number of nitrogens with zero attached hydrogens (tertiary/aromatic N) is 2. The predicted molar refractivity (Wildman–Crippen MR) is 67.7 cm³/mol. The van der Waals surface area contributed by atoms with E-state index in [0.29, 0.717) is 0 Å². The Balaban J connectivity index is 2.12. The second-order valence-corrected chi connectivity index (χ2v) is 5.40. The molecule has 1 N–H and O–H groups in total. The molecular weight excluding hydrogens is 284 g/mol. The van der Waals surface area contributed by atoms with Crippen LogP contribution in [0.4, 0.5) is 0 Å². The van der Waals surface area contributed by atoms with E-state index in [0.717, 1.165) is 35.1 Å². The van der Waals surface area contributed by atoms with Crippen molar-refractivity contribution in [3.05, 3.63) is 15.9 Å². The van der Waals surface area contributed by atoms with Gasteiger partial charge in [-0.15, -0.1) is 0 Å². The molecule has 2 rings (SSSR count). The van der Waals surface area contributed by atoms with E-state index in [1.165, 1.54) is 0 Å². The van der Waals surface area contributed by atoms with Crippen LogP contribution in [0.3, 0.4) is 0 Å². The van der Waals surface area contributed by atoms with Crippen molar-refractivity contribution in [1.82, 2.24) is 9.78 Å². The molecule has 5 heteroatoms. The first-order chi connectivity index (χ1) is 8.04. The van der Waals surface area contributed by atoms with Gasteiger partial charge >= 0.3 is 0 Å². The second-order valence-electron chi connectivity index (χ2n) is 4.61. The molecule has 0 aliphatic heterocycles. The van der Waals surface area contributed by atoms with Gasteiger partial charge in [-0.2, -0.15) is 5.10 Å². The average molecular weight is 301 g/mol. The number of carbonyl (C=O) groups is 1. The van der Waals surface area contributed by atoms with Crippen LogP contribution in [-0.2, 0) is 24.7 Å². The molecule has 1 fully saturated rings. The summed E-state index contributed by atoms with van der Waals surface area (Å²) in [5.41, 5.74) is 1.81. The smallest absolute Gasteiger partial charge is 0.167 e. The third kappa shape index (κ3) is 2.60. The zero-order chi connectivity index (χ0) is 12.6. The van der Waals surface area contributed by atoms with Crippen LogP contribution in [0.1, 0.15) is 31.2 Å². The van der Waals surface area contributed by atoms with E-state index < -0.39 is 6.10 Å². The van der Waals surface area contributed by atoms with Crippen molar-refractivity contribution in [2.75, 3.05) is 0 Å². The third-order valence-electron chi connectivity index (χ3n) is 3.24. The lowest BCUT2D eigenvalue weighted by atomic mass is 10.1. The Morgan fingerprint density at radius 2 is 2.29 bits per heavy atom. The van der Waals surface area contributed by atoms with Crippen molar-refractivity contribution in [2.45, 2.75) is 38.7 Å². The van der Waals surface area contributed by atoms with Crippen LogP contribution < -0.4 is 0 Å². The van der Waals surface area contributed by atoms with Crippen molar-refractivity contribution in [3.63, 3.8) is 0 Å². The molecular formula is C12H17BrN2O2. The zero-order valence-electron chi connectivity index (χ0n) is 10.1. The van der Waals surface area contributed by atoms with E-state index in [-0.39, 0.29) is 18.1 Å². The number of halogens is 1. The summed E-state index contributed by atoms with van der Waals surface area (Å²) < 4.78 is 2.62. The molecule has 4 nitrogen and oxygen atoms in total. The predicted octanol–water partition coefficient (Wildman–Crippen LogP) is 1.63. The number of hydrogen-bond donors (Lipinski definition) is 1. The molecule has 0 radical (unpaired) electrons. The minimum absolute atomic E-state index is 0.0983. The fourth-order valence-corrected chi connectivity index (χ4v) is 2.71. The fourth-order valence-electron chi connectivity index (χ4n) is 1.96. The second kappa shape index (κ2) is 4.90. The first-order valence-electron chi connectivity index (χ1n) is 5.95. The van der Waals surface area contributed by atoms with Gasteiger partial charge in [-0.3, -0.25) is 9.48 Å². The first-order valence-corrected chi connectivity index (χ1v) is 6.75. The van der Waals surface area contributed by atoms with Crippen molar-refractivity contribution in [1.29, 1.82) is 0 Å². The van der Waals surface area contributed by atoms with Gasteiger partial charge in [0.1, 0.15) is 6.10 Å².